The van der Waals surface area contributed by atoms with Crippen LogP contribution < -0.4 is 10.2 Å². The van der Waals surface area contributed by atoms with Crippen LogP contribution in [0.15, 0.2) is 23.3 Å². The number of piperazine rings is 1. The summed E-state index contributed by atoms with van der Waals surface area (Å²) in [5.74, 6) is 2.78. The van der Waals surface area contributed by atoms with E-state index in [0.29, 0.717) is 0 Å². The molecule has 156 valence electrons. The van der Waals surface area contributed by atoms with Crippen molar-refractivity contribution in [1.29, 1.82) is 0 Å². The summed E-state index contributed by atoms with van der Waals surface area (Å²) >= 11 is 0. The first-order chi connectivity index (χ1) is 13.7. The number of pyridine rings is 1. The molecule has 0 bridgehead atoms. The number of ether oxygens (including phenoxy) is 1. The molecule has 2 fully saturated rings. The van der Waals surface area contributed by atoms with E-state index >= 15 is 0 Å². The zero-order chi connectivity index (χ0) is 19.8. The van der Waals surface area contributed by atoms with Crippen molar-refractivity contribution in [2.75, 3.05) is 71.5 Å². The molecule has 0 spiro atoms. The Bertz CT molecular complexity index is 608. The van der Waals surface area contributed by atoms with Crippen molar-refractivity contribution in [2.24, 2.45) is 10.9 Å². The first-order valence-electron chi connectivity index (χ1n) is 10.6. The summed E-state index contributed by atoms with van der Waals surface area (Å²) in [6.45, 7) is 10.9. The molecule has 0 atom stereocenters. The lowest BCUT2D eigenvalue weighted by atomic mass is 10.2. The lowest BCUT2D eigenvalue weighted by Crippen LogP contribution is -2.46. The normalized spacial score (nSPS) is 18.4. The molecule has 7 nitrogen and oxygen atoms in total. The smallest absolute Gasteiger partial charge is 0.193 e. The second kappa shape index (κ2) is 10.6. The van der Waals surface area contributed by atoms with Gasteiger partial charge in [0.25, 0.3) is 0 Å². The van der Waals surface area contributed by atoms with Crippen LogP contribution in [0.2, 0.25) is 0 Å². The molecule has 0 aromatic carbocycles. The molecule has 28 heavy (non-hydrogen) atoms. The average Bonchev–Trinajstić information content (AvgIpc) is 3.57. The summed E-state index contributed by atoms with van der Waals surface area (Å²) < 4.78 is 5.73. The van der Waals surface area contributed by atoms with Crippen molar-refractivity contribution in [3.63, 3.8) is 0 Å². The number of anilines is 1. The third-order valence-corrected chi connectivity index (χ3v) is 5.60. The van der Waals surface area contributed by atoms with Gasteiger partial charge in [-0.15, -0.1) is 0 Å². The monoisotopic (exact) mass is 388 g/mol. The predicted octanol–water partition coefficient (Wildman–Crippen LogP) is 1.66. The van der Waals surface area contributed by atoms with Crippen molar-refractivity contribution >= 4 is 11.8 Å². The lowest BCUT2D eigenvalue weighted by Gasteiger charge is -2.34. The van der Waals surface area contributed by atoms with Gasteiger partial charge in [-0.25, -0.2) is 4.98 Å². The van der Waals surface area contributed by atoms with E-state index in [1.165, 1.54) is 12.8 Å². The van der Waals surface area contributed by atoms with Gasteiger partial charge < -0.3 is 24.8 Å². The van der Waals surface area contributed by atoms with Gasteiger partial charge >= 0.3 is 0 Å². The maximum absolute atomic E-state index is 5.73. The summed E-state index contributed by atoms with van der Waals surface area (Å²) in [6, 6.07) is 4.30. The van der Waals surface area contributed by atoms with Crippen molar-refractivity contribution < 1.29 is 4.74 Å². The molecule has 7 heteroatoms. The summed E-state index contributed by atoms with van der Waals surface area (Å²) in [7, 11) is 3.87. The van der Waals surface area contributed by atoms with Gasteiger partial charge in [0.1, 0.15) is 5.82 Å². The van der Waals surface area contributed by atoms with Gasteiger partial charge in [0.05, 0.1) is 6.61 Å². The molecule has 1 saturated carbocycles. The minimum Gasteiger partial charge on any atom is -0.379 e. The number of aromatic nitrogens is 1. The van der Waals surface area contributed by atoms with Gasteiger partial charge in [-0.3, -0.25) is 4.99 Å². The highest BCUT2D eigenvalue weighted by Gasteiger charge is 2.21. The first kappa shape index (κ1) is 20.9. The summed E-state index contributed by atoms with van der Waals surface area (Å²) in [6.07, 6.45) is 4.64. The topological polar surface area (TPSA) is 56.2 Å². The van der Waals surface area contributed by atoms with Crippen LogP contribution >= 0.6 is 0 Å². The summed E-state index contributed by atoms with van der Waals surface area (Å²) in [5, 5.41) is 3.42. The quantitative estimate of drug-likeness (QED) is 0.394. The maximum Gasteiger partial charge on any atom is 0.193 e. The van der Waals surface area contributed by atoms with Crippen LogP contribution in [0, 0.1) is 5.92 Å². The Labute approximate surface area is 169 Å². The number of likely N-dealkylation sites (N-methyl/N-ethyl adjacent to an activating group) is 2. The van der Waals surface area contributed by atoms with Gasteiger partial charge in [0.15, 0.2) is 5.96 Å². The van der Waals surface area contributed by atoms with Crippen molar-refractivity contribution in [3.8, 4) is 0 Å². The Morgan fingerprint density at radius 1 is 1.29 bits per heavy atom. The van der Waals surface area contributed by atoms with E-state index in [4.69, 9.17) is 4.74 Å². The van der Waals surface area contributed by atoms with Crippen molar-refractivity contribution in [2.45, 2.75) is 26.3 Å². The Morgan fingerprint density at radius 2 is 2.07 bits per heavy atom. The van der Waals surface area contributed by atoms with E-state index in [1.54, 1.807) is 0 Å². The molecular weight excluding hydrogens is 352 g/mol. The van der Waals surface area contributed by atoms with Crippen molar-refractivity contribution in [1.82, 2.24) is 20.1 Å². The number of nitrogens with one attached hydrogen (secondary N) is 1. The fraction of sp³-hybridized carbons (Fsp3) is 0.714. The Morgan fingerprint density at radius 3 is 2.68 bits per heavy atom. The highest BCUT2D eigenvalue weighted by molar-refractivity contribution is 5.79. The van der Waals surface area contributed by atoms with Crippen molar-refractivity contribution in [3.05, 3.63) is 23.9 Å². The SMILES string of the molecule is CCN1CCN(c2ccc(CNC(=NC)N(C)CCOCC3CC3)cn2)CC1. The van der Waals surface area contributed by atoms with Crippen LogP contribution in [0.25, 0.3) is 0 Å². The van der Waals surface area contributed by atoms with Crippen LogP contribution in [0.1, 0.15) is 25.3 Å². The highest BCUT2D eigenvalue weighted by atomic mass is 16.5. The largest absolute Gasteiger partial charge is 0.379 e. The fourth-order valence-electron chi connectivity index (χ4n) is 3.41. The van der Waals surface area contributed by atoms with E-state index < -0.39 is 0 Å². The molecule has 0 amide bonds. The van der Waals surface area contributed by atoms with Gasteiger partial charge in [-0.05, 0) is 36.9 Å². The highest BCUT2D eigenvalue weighted by Crippen LogP contribution is 2.28. The molecule has 3 rings (SSSR count). The fourth-order valence-corrected chi connectivity index (χ4v) is 3.41. The van der Waals surface area contributed by atoms with Crippen LogP contribution in [0.4, 0.5) is 5.82 Å². The van der Waals surface area contributed by atoms with E-state index in [0.717, 1.165) is 82.3 Å². The molecule has 1 N–H and O–H groups in total. The molecule has 1 aromatic rings. The Hall–Kier alpha value is -1.86. The molecule has 1 aliphatic carbocycles. The molecule has 1 saturated heterocycles. The number of hydrogen-bond acceptors (Lipinski definition) is 5. The molecule has 1 aliphatic heterocycles. The van der Waals surface area contributed by atoms with Gasteiger partial charge in [0, 0.05) is 66.2 Å². The molecule has 1 aromatic heterocycles. The zero-order valence-electron chi connectivity index (χ0n) is 17.7. The average molecular weight is 389 g/mol. The van der Waals surface area contributed by atoms with E-state index in [-0.39, 0.29) is 0 Å². The van der Waals surface area contributed by atoms with E-state index in [2.05, 4.69) is 49.0 Å². The predicted molar refractivity (Wildman–Crippen MR) is 115 cm³/mol. The van der Waals surface area contributed by atoms with E-state index in [9.17, 15) is 0 Å². The first-order valence-corrected chi connectivity index (χ1v) is 10.6. The standard InChI is InChI=1S/C21H36N6O/c1-4-26-9-11-27(12-10-26)20-8-7-19(15-23-20)16-24-21(22-2)25(3)13-14-28-17-18-5-6-18/h7-8,15,18H,4-6,9-14,16-17H2,1-3H3,(H,22,24). The van der Waals surface area contributed by atoms with E-state index in [1.807, 2.05) is 20.3 Å². The minimum atomic E-state index is 0.719. The third kappa shape index (κ3) is 6.34. The minimum absolute atomic E-state index is 0.719. The molecule has 0 unspecified atom stereocenters. The lowest BCUT2D eigenvalue weighted by molar-refractivity contribution is 0.115. The molecule has 2 aliphatic rings. The number of guanidine groups is 1. The zero-order valence-corrected chi connectivity index (χ0v) is 17.7. The summed E-state index contributed by atoms with van der Waals surface area (Å²) in [4.78, 5) is 16.0. The third-order valence-electron chi connectivity index (χ3n) is 5.60. The molecule has 2 heterocycles. The van der Waals surface area contributed by atoms with Crippen LogP contribution in [0.3, 0.4) is 0 Å². The van der Waals surface area contributed by atoms with Crippen LogP contribution in [-0.4, -0.2) is 87.3 Å². The molecular formula is C21H36N6O. The van der Waals surface area contributed by atoms with Gasteiger partial charge in [-0.1, -0.05) is 13.0 Å². The van der Waals surface area contributed by atoms with Gasteiger partial charge in [0.2, 0.25) is 0 Å². The Kier molecular flexibility index (Phi) is 7.91. The van der Waals surface area contributed by atoms with Crippen LogP contribution in [0.5, 0.6) is 0 Å². The molecule has 0 radical (unpaired) electrons. The van der Waals surface area contributed by atoms with Crippen LogP contribution in [-0.2, 0) is 11.3 Å². The number of rotatable bonds is 9. The Balaban J connectivity index is 1.40. The number of nitrogens with zero attached hydrogens (tertiary/aromatic N) is 5. The number of hydrogen-bond donors (Lipinski definition) is 1. The van der Waals surface area contributed by atoms with Gasteiger partial charge in [-0.2, -0.15) is 0 Å². The summed E-state index contributed by atoms with van der Waals surface area (Å²) in [5.41, 5.74) is 1.16. The maximum atomic E-state index is 5.73. The second-order valence-corrected chi connectivity index (χ2v) is 7.79. The second-order valence-electron chi connectivity index (χ2n) is 7.79. The number of aliphatic imine (C=N–C) groups is 1.